The lowest BCUT2D eigenvalue weighted by atomic mass is 10.1. The van der Waals surface area contributed by atoms with Crippen molar-refractivity contribution < 1.29 is 13.2 Å². The highest BCUT2D eigenvalue weighted by molar-refractivity contribution is 5.91. The van der Waals surface area contributed by atoms with E-state index in [1.54, 1.807) is 24.3 Å². The first-order valence-corrected chi connectivity index (χ1v) is 8.28. The molecule has 26 heavy (non-hydrogen) atoms. The molecule has 0 aliphatic heterocycles. The largest absolute Gasteiger partial charge is 0.433 e. The van der Waals surface area contributed by atoms with Crippen molar-refractivity contribution in [3.63, 3.8) is 0 Å². The van der Waals surface area contributed by atoms with Gasteiger partial charge in [0, 0.05) is 17.6 Å². The summed E-state index contributed by atoms with van der Waals surface area (Å²) in [4.78, 5) is 5.79. The number of nitrogens with zero attached hydrogens (tertiary/aromatic N) is 2. The highest BCUT2D eigenvalue weighted by atomic mass is 19.4. The Morgan fingerprint density at radius 3 is 2.31 bits per heavy atom. The maximum atomic E-state index is 13.2. The standard InChI is InChI=1S/C20H20F3N3/c1-26(2)18(14-8-4-3-5-9-14)13-24-17-12-19(20(21,22)23)25-16-11-7-6-10-15(16)17/h3-12,18H,13H2,1-2H3,(H,24,25)/t18-/m1/s1. The van der Waals surface area contributed by atoms with Gasteiger partial charge >= 0.3 is 6.18 Å². The molecule has 0 fully saturated rings. The first kappa shape index (κ1) is 18.2. The van der Waals surface area contributed by atoms with Crippen LogP contribution in [-0.2, 0) is 6.18 Å². The van der Waals surface area contributed by atoms with Crippen molar-refractivity contribution in [3.8, 4) is 0 Å². The van der Waals surface area contributed by atoms with Crippen LogP contribution in [-0.4, -0.2) is 30.5 Å². The molecule has 136 valence electrons. The minimum absolute atomic E-state index is 0.0254. The number of likely N-dealkylation sites (N-methyl/N-ethyl adjacent to an activating group) is 1. The van der Waals surface area contributed by atoms with E-state index in [1.165, 1.54) is 0 Å². The second-order valence-corrected chi connectivity index (χ2v) is 6.34. The number of anilines is 1. The van der Waals surface area contributed by atoms with Crippen molar-refractivity contribution in [2.75, 3.05) is 26.0 Å². The monoisotopic (exact) mass is 359 g/mol. The van der Waals surface area contributed by atoms with E-state index in [9.17, 15) is 13.2 Å². The van der Waals surface area contributed by atoms with Crippen LogP contribution in [0.1, 0.15) is 17.3 Å². The number of hydrogen-bond acceptors (Lipinski definition) is 3. The van der Waals surface area contributed by atoms with Gasteiger partial charge in [0.15, 0.2) is 0 Å². The van der Waals surface area contributed by atoms with Gasteiger partial charge in [0.1, 0.15) is 5.69 Å². The molecular weight excluding hydrogens is 339 g/mol. The minimum Gasteiger partial charge on any atom is -0.383 e. The fourth-order valence-corrected chi connectivity index (χ4v) is 2.95. The number of aromatic nitrogens is 1. The molecule has 0 saturated heterocycles. The van der Waals surface area contributed by atoms with Gasteiger partial charge in [0.25, 0.3) is 0 Å². The lowest BCUT2D eigenvalue weighted by molar-refractivity contribution is -0.140. The van der Waals surface area contributed by atoms with Crippen LogP contribution in [0.5, 0.6) is 0 Å². The van der Waals surface area contributed by atoms with Crippen LogP contribution in [0.4, 0.5) is 18.9 Å². The number of nitrogens with one attached hydrogen (secondary N) is 1. The third-order valence-corrected chi connectivity index (χ3v) is 4.30. The highest BCUT2D eigenvalue weighted by Gasteiger charge is 2.33. The van der Waals surface area contributed by atoms with E-state index < -0.39 is 11.9 Å². The van der Waals surface area contributed by atoms with Gasteiger partial charge < -0.3 is 10.2 Å². The van der Waals surface area contributed by atoms with E-state index in [1.807, 2.05) is 49.3 Å². The third-order valence-electron chi connectivity index (χ3n) is 4.30. The second-order valence-electron chi connectivity index (χ2n) is 6.34. The summed E-state index contributed by atoms with van der Waals surface area (Å²) in [6, 6.07) is 17.8. The molecule has 0 spiro atoms. The van der Waals surface area contributed by atoms with Crippen molar-refractivity contribution in [1.82, 2.24) is 9.88 Å². The van der Waals surface area contributed by atoms with Gasteiger partial charge in [0.05, 0.1) is 11.6 Å². The molecule has 0 bridgehead atoms. The van der Waals surface area contributed by atoms with Gasteiger partial charge in [0.2, 0.25) is 0 Å². The van der Waals surface area contributed by atoms with Crippen LogP contribution in [0, 0.1) is 0 Å². The topological polar surface area (TPSA) is 28.2 Å². The third kappa shape index (κ3) is 3.96. The minimum atomic E-state index is -4.49. The van der Waals surface area contributed by atoms with Crippen LogP contribution >= 0.6 is 0 Å². The van der Waals surface area contributed by atoms with E-state index in [0.29, 0.717) is 23.1 Å². The average Bonchev–Trinajstić information content (AvgIpc) is 2.61. The normalized spacial score (nSPS) is 13.2. The summed E-state index contributed by atoms with van der Waals surface area (Å²) < 4.78 is 39.6. The highest BCUT2D eigenvalue weighted by Crippen LogP contribution is 2.33. The van der Waals surface area contributed by atoms with Gasteiger partial charge in [-0.2, -0.15) is 13.2 Å². The van der Waals surface area contributed by atoms with Crippen LogP contribution < -0.4 is 5.32 Å². The van der Waals surface area contributed by atoms with Gasteiger partial charge in [-0.05, 0) is 31.8 Å². The fraction of sp³-hybridized carbons (Fsp3) is 0.250. The maximum Gasteiger partial charge on any atom is 0.433 e. The molecule has 1 atom stereocenters. The summed E-state index contributed by atoms with van der Waals surface area (Å²) in [5, 5.41) is 3.87. The van der Waals surface area contributed by atoms with Crippen molar-refractivity contribution in [1.29, 1.82) is 0 Å². The predicted octanol–water partition coefficient (Wildman–Crippen LogP) is 4.97. The van der Waals surface area contributed by atoms with Crippen molar-refractivity contribution in [2.24, 2.45) is 0 Å². The van der Waals surface area contributed by atoms with Crippen molar-refractivity contribution in [3.05, 3.63) is 71.9 Å². The Balaban J connectivity index is 1.94. The molecule has 1 heterocycles. The summed E-state index contributed by atoms with van der Waals surface area (Å²) in [6.45, 7) is 0.475. The van der Waals surface area contributed by atoms with Gasteiger partial charge in [-0.25, -0.2) is 4.98 Å². The predicted molar refractivity (Wildman–Crippen MR) is 98.1 cm³/mol. The van der Waals surface area contributed by atoms with Gasteiger partial charge in [-0.1, -0.05) is 48.5 Å². The zero-order chi connectivity index (χ0) is 18.7. The number of rotatable bonds is 5. The van der Waals surface area contributed by atoms with Crippen molar-refractivity contribution in [2.45, 2.75) is 12.2 Å². The van der Waals surface area contributed by atoms with E-state index in [0.717, 1.165) is 11.6 Å². The summed E-state index contributed by atoms with van der Waals surface area (Å²) in [5.41, 5.74) is 0.968. The molecule has 2 aromatic carbocycles. The van der Waals surface area contributed by atoms with Crippen LogP contribution in [0.25, 0.3) is 10.9 Å². The quantitative estimate of drug-likeness (QED) is 0.697. The molecule has 1 N–H and O–H groups in total. The first-order valence-electron chi connectivity index (χ1n) is 8.28. The number of pyridine rings is 1. The molecule has 0 aliphatic rings. The molecule has 6 heteroatoms. The lowest BCUT2D eigenvalue weighted by Gasteiger charge is -2.26. The number of hydrogen-bond donors (Lipinski definition) is 1. The lowest BCUT2D eigenvalue weighted by Crippen LogP contribution is -2.27. The molecule has 3 aromatic rings. The Hall–Kier alpha value is -2.60. The number of halogens is 3. The Morgan fingerprint density at radius 1 is 1.00 bits per heavy atom. The van der Waals surface area contributed by atoms with E-state index in [4.69, 9.17) is 0 Å². The molecule has 0 amide bonds. The molecule has 0 unspecified atom stereocenters. The van der Waals surface area contributed by atoms with Crippen LogP contribution in [0.15, 0.2) is 60.7 Å². The average molecular weight is 359 g/mol. The van der Waals surface area contributed by atoms with E-state index >= 15 is 0 Å². The molecule has 3 nitrogen and oxygen atoms in total. The number of alkyl halides is 3. The zero-order valence-corrected chi connectivity index (χ0v) is 14.6. The van der Waals surface area contributed by atoms with Crippen LogP contribution in [0.3, 0.4) is 0 Å². The van der Waals surface area contributed by atoms with Gasteiger partial charge in [-0.15, -0.1) is 0 Å². The second kappa shape index (κ2) is 7.33. The smallest absolute Gasteiger partial charge is 0.383 e. The summed E-state index contributed by atoms with van der Waals surface area (Å²) >= 11 is 0. The zero-order valence-electron chi connectivity index (χ0n) is 14.6. The molecule has 0 radical (unpaired) electrons. The molecular formula is C20H20F3N3. The van der Waals surface area contributed by atoms with Crippen LogP contribution in [0.2, 0.25) is 0 Å². The Bertz CT molecular complexity index is 876. The summed E-state index contributed by atoms with van der Waals surface area (Å²) in [5.74, 6) is 0. The Labute approximate surface area is 150 Å². The number of benzene rings is 2. The SMILES string of the molecule is CN(C)[C@H](CNc1cc(C(F)(F)F)nc2ccccc12)c1ccccc1. The van der Waals surface area contributed by atoms with E-state index in [-0.39, 0.29) is 6.04 Å². The maximum absolute atomic E-state index is 13.2. The summed E-state index contributed by atoms with van der Waals surface area (Å²) in [7, 11) is 3.90. The number of para-hydroxylation sites is 1. The van der Waals surface area contributed by atoms with E-state index in [2.05, 4.69) is 10.3 Å². The fourth-order valence-electron chi connectivity index (χ4n) is 2.95. The number of fused-ring (bicyclic) bond motifs is 1. The van der Waals surface area contributed by atoms with Gasteiger partial charge in [-0.3, -0.25) is 0 Å². The molecule has 0 saturated carbocycles. The summed E-state index contributed by atoms with van der Waals surface area (Å²) in [6.07, 6.45) is -4.49. The molecule has 3 rings (SSSR count). The van der Waals surface area contributed by atoms with Crippen molar-refractivity contribution >= 4 is 16.6 Å². The Kier molecular flexibility index (Phi) is 5.13. The first-order chi connectivity index (χ1) is 12.4. The molecule has 0 aliphatic carbocycles. The molecule has 1 aromatic heterocycles. The Morgan fingerprint density at radius 2 is 1.65 bits per heavy atom.